The number of hydrogen-bond donors (Lipinski definition) is 2. The molecule has 0 saturated carbocycles. The number of aromatic nitrogens is 1. The van der Waals surface area contributed by atoms with Gasteiger partial charge in [-0.05, 0) is 24.3 Å². The molecular formula is C21H16F5N4O+. The molecule has 1 amide bonds. The van der Waals surface area contributed by atoms with E-state index >= 15 is 0 Å². The number of fused-ring (bicyclic) bond motifs is 1. The minimum absolute atomic E-state index is 0.0328. The first-order valence-corrected chi connectivity index (χ1v) is 9.19. The Morgan fingerprint density at radius 1 is 1.16 bits per heavy atom. The highest BCUT2D eigenvalue weighted by atomic mass is 19.4. The highest BCUT2D eigenvalue weighted by Gasteiger charge is 2.47. The van der Waals surface area contributed by atoms with E-state index in [1.54, 1.807) is 18.4 Å². The second kappa shape index (κ2) is 7.86. The van der Waals surface area contributed by atoms with Gasteiger partial charge >= 0.3 is 6.18 Å². The molecule has 3 N–H and O–H groups in total. The normalized spacial score (nSPS) is 18.6. The summed E-state index contributed by atoms with van der Waals surface area (Å²) in [5, 5.41) is 4.76. The van der Waals surface area contributed by atoms with Gasteiger partial charge in [0.2, 0.25) is 11.7 Å². The van der Waals surface area contributed by atoms with Crippen LogP contribution in [0.5, 0.6) is 0 Å². The number of rotatable bonds is 4. The number of carbonyl (C=O) groups is 1. The first-order valence-electron chi connectivity index (χ1n) is 9.19. The second-order valence-electron chi connectivity index (χ2n) is 6.85. The largest absolute Gasteiger partial charge is 0.418 e. The van der Waals surface area contributed by atoms with Crippen molar-refractivity contribution in [1.29, 1.82) is 0 Å². The molecule has 4 rings (SSSR count). The number of aromatic amines is 1. The van der Waals surface area contributed by atoms with Gasteiger partial charge in [-0.1, -0.05) is 12.1 Å². The SMILES string of the molecule is O=C(NC(c1cccc[nH+]1)C(F)(F)F)C1=C2C=CC=CN2C(c2ccc(F)cc2F)N1. The summed E-state index contributed by atoms with van der Waals surface area (Å²) >= 11 is 0. The molecule has 2 aromatic rings. The maximum atomic E-state index is 14.4. The summed E-state index contributed by atoms with van der Waals surface area (Å²) in [6.45, 7) is 0. The number of carbonyl (C=O) groups excluding carboxylic acids is 1. The Labute approximate surface area is 173 Å². The van der Waals surface area contributed by atoms with E-state index < -0.39 is 35.9 Å². The number of H-pyrrole nitrogens is 1. The van der Waals surface area contributed by atoms with E-state index in [2.05, 4.69) is 10.3 Å². The van der Waals surface area contributed by atoms with Gasteiger partial charge < -0.3 is 15.5 Å². The molecule has 0 saturated heterocycles. The van der Waals surface area contributed by atoms with Gasteiger partial charge in [-0.25, -0.2) is 13.8 Å². The van der Waals surface area contributed by atoms with Crippen molar-refractivity contribution < 1.29 is 31.7 Å². The molecule has 0 fully saturated rings. The zero-order valence-corrected chi connectivity index (χ0v) is 15.8. The van der Waals surface area contributed by atoms with Crippen molar-refractivity contribution >= 4 is 5.91 Å². The van der Waals surface area contributed by atoms with Gasteiger partial charge in [-0.15, -0.1) is 0 Å². The third-order valence-electron chi connectivity index (χ3n) is 4.84. The number of nitrogens with one attached hydrogen (secondary N) is 3. The third-order valence-corrected chi connectivity index (χ3v) is 4.84. The number of hydrogen-bond acceptors (Lipinski definition) is 3. The van der Waals surface area contributed by atoms with Gasteiger partial charge in [0.1, 0.15) is 23.5 Å². The Bertz CT molecular complexity index is 1090. The lowest BCUT2D eigenvalue weighted by Crippen LogP contribution is -2.43. The topological polar surface area (TPSA) is 58.5 Å². The lowest BCUT2D eigenvalue weighted by Gasteiger charge is -2.26. The monoisotopic (exact) mass is 435 g/mol. The van der Waals surface area contributed by atoms with Gasteiger partial charge in [0.05, 0.1) is 5.70 Å². The highest BCUT2D eigenvalue weighted by molar-refractivity contribution is 5.95. The van der Waals surface area contributed by atoms with E-state index in [4.69, 9.17) is 0 Å². The van der Waals surface area contributed by atoms with Crippen LogP contribution < -0.4 is 15.6 Å². The van der Waals surface area contributed by atoms with E-state index in [-0.39, 0.29) is 22.7 Å². The molecule has 10 heteroatoms. The zero-order valence-electron chi connectivity index (χ0n) is 15.8. The molecule has 0 bridgehead atoms. The Balaban J connectivity index is 1.65. The van der Waals surface area contributed by atoms with Crippen LogP contribution in [0.1, 0.15) is 23.5 Å². The number of benzene rings is 1. The van der Waals surface area contributed by atoms with E-state index in [9.17, 15) is 26.7 Å². The molecule has 3 heterocycles. The van der Waals surface area contributed by atoms with Crippen LogP contribution in [0.15, 0.2) is 78.4 Å². The maximum absolute atomic E-state index is 14.4. The zero-order chi connectivity index (χ0) is 22.2. The molecule has 31 heavy (non-hydrogen) atoms. The molecule has 1 aromatic heterocycles. The van der Waals surface area contributed by atoms with Crippen molar-refractivity contribution in [2.24, 2.45) is 0 Å². The van der Waals surface area contributed by atoms with Crippen molar-refractivity contribution in [3.8, 4) is 0 Å². The van der Waals surface area contributed by atoms with Crippen LogP contribution in [-0.2, 0) is 4.79 Å². The van der Waals surface area contributed by atoms with Crippen molar-refractivity contribution in [2.75, 3.05) is 0 Å². The molecule has 2 atom stereocenters. The standard InChI is InChI=1S/C21H15F5N4O/c22-12-7-8-13(14(23)11-12)19-28-17(16-6-2-4-10-30(16)19)20(31)29-18(21(24,25)26)15-5-1-3-9-27-15/h1-11,18-19,28H,(H,29,31)/p+1. The Hall–Kier alpha value is -3.69. The first-order chi connectivity index (χ1) is 14.8. The van der Waals surface area contributed by atoms with E-state index in [1.807, 2.05) is 5.32 Å². The smallest absolute Gasteiger partial charge is 0.355 e. The lowest BCUT2D eigenvalue weighted by atomic mass is 10.1. The predicted molar refractivity (Wildman–Crippen MR) is 99.3 cm³/mol. The fourth-order valence-corrected chi connectivity index (χ4v) is 3.43. The number of halogens is 5. The highest BCUT2D eigenvalue weighted by Crippen LogP contribution is 2.36. The molecule has 2 aliphatic rings. The first kappa shape index (κ1) is 20.6. The van der Waals surface area contributed by atoms with Crippen LogP contribution in [0, 0.1) is 11.6 Å². The average molecular weight is 435 g/mol. The molecule has 0 aliphatic carbocycles. The summed E-state index contributed by atoms with van der Waals surface area (Å²) in [6.07, 6.45) is 1.89. The number of allylic oxidation sites excluding steroid dienone is 3. The summed E-state index contributed by atoms with van der Waals surface area (Å²) in [6, 6.07) is 4.83. The summed E-state index contributed by atoms with van der Waals surface area (Å²) in [5.41, 5.74) is -0.124. The summed E-state index contributed by atoms with van der Waals surface area (Å²) in [7, 11) is 0. The maximum Gasteiger partial charge on any atom is 0.418 e. The molecular weight excluding hydrogens is 419 g/mol. The fourth-order valence-electron chi connectivity index (χ4n) is 3.43. The second-order valence-corrected chi connectivity index (χ2v) is 6.85. The quantitative estimate of drug-likeness (QED) is 0.724. The molecule has 2 unspecified atom stereocenters. The molecule has 1 aromatic carbocycles. The van der Waals surface area contributed by atoms with Gasteiger partial charge in [-0.3, -0.25) is 4.79 Å². The molecule has 160 valence electrons. The Morgan fingerprint density at radius 3 is 2.65 bits per heavy atom. The number of pyridine rings is 1. The number of nitrogens with zero attached hydrogens (tertiary/aromatic N) is 1. The number of alkyl halides is 3. The lowest BCUT2D eigenvalue weighted by molar-refractivity contribution is -0.401. The van der Waals surface area contributed by atoms with Crippen LogP contribution >= 0.6 is 0 Å². The average Bonchev–Trinajstić information content (AvgIpc) is 3.11. The van der Waals surface area contributed by atoms with Crippen LogP contribution in [0.3, 0.4) is 0 Å². The predicted octanol–water partition coefficient (Wildman–Crippen LogP) is 3.40. The van der Waals surface area contributed by atoms with Crippen molar-refractivity contribution in [2.45, 2.75) is 18.4 Å². The minimum atomic E-state index is -4.76. The fraction of sp³-hybridized carbons (Fsp3) is 0.143. The van der Waals surface area contributed by atoms with Crippen LogP contribution in [0.2, 0.25) is 0 Å². The van der Waals surface area contributed by atoms with Crippen LogP contribution in [-0.4, -0.2) is 17.0 Å². The van der Waals surface area contributed by atoms with Gasteiger partial charge in [0, 0.05) is 30.0 Å². The number of amides is 1. The van der Waals surface area contributed by atoms with Crippen LogP contribution in [0.25, 0.3) is 0 Å². The minimum Gasteiger partial charge on any atom is -0.355 e. The van der Waals surface area contributed by atoms with Crippen molar-refractivity contribution in [1.82, 2.24) is 15.5 Å². The van der Waals surface area contributed by atoms with Gasteiger partial charge in [0.15, 0.2) is 6.20 Å². The van der Waals surface area contributed by atoms with E-state index in [1.165, 1.54) is 41.4 Å². The van der Waals surface area contributed by atoms with Crippen molar-refractivity contribution in [3.63, 3.8) is 0 Å². The Kier molecular flexibility index (Phi) is 5.22. The van der Waals surface area contributed by atoms with Gasteiger partial charge in [-0.2, -0.15) is 13.2 Å². The summed E-state index contributed by atoms with van der Waals surface area (Å²) in [4.78, 5) is 16.8. The van der Waals surface area contributed by atoms with E-state index in [0.29, 0.717) is 6.07 Å². The van der Waals surface area contributed by atoms with Gasteiger partial charge in [0.25, 0.3) is 5.91 Å². The molecule has 0 spiro atoms. The molecule has 2 aliphatic heterocycles. The summed E-state index contributed by atoms with van der Waals surface area (Å²) in [5.74, 6) is -2.65. The summed E-state index contributed by atoms with van der Waals surface area (Å²) < 4.78 is 68.5. The molecule has 5 nitrogen and oxygen atoms in total. The Morgan fingerprint density at radius 2 is 1.97 bits per heavy atom. The molecule has 0 radical (unpaired) electrons. The van der Waals surface area contributed by atoms with E-state index in [0.717, 1.165) is 6.07 Å². The van der Waals surface area contributed by atoms with Crippen LogP contribution in [0.4, 0.5) is 22.0 Å². The third kappa shape index (κ3) is 4.00. The van der Waals surface area contributed by atoms with Crippen molar-refractivity contribution in [3.05, 3.63) is 101 Å².